The largest absolute Gasteiger partial charge is 0.481 e. The summed E-state index contributed by atoms with van der Waals surface area (Å²) in [6.45, 7) is 8.82. The molecule has 4 heteroatoms. The molecule has 1 aliphatic carbocycles. The van der Waals surface area contributed by atoms with Gasteiger partial charge in [-0.3, -0.25) is 4.79 Å². The molecular weight excluding hydrogens is 204 g/mol. The van der Waals surface area contributed by atoms with Gasteiger partial charge in [0.2, 0.25) is 0 Å². The van der Waals surface area contributed by atoms with E-state index < -0.39 is 5.97 Å². The number of rotatable bonds is 5. The molecule has 0 aromatic rings. The van der Waals surface area contributed by atoms with Crippen LogP contribution in [-0.4, -0.2) is 60.1 Å². The Hall–Kier alpha value is -0.610. The third kappa shape index (κ3) is 2.95. The van der Waals surface area contributed by atoms with Crippen molar-refractivity contribution in [3.8, 4) is 0 Å². The summed E-state index contributed by atoms with van der Waals surface area (Å²) < 4.78 is 0. The summed E-state index contributed by atoms with van der Waals surface area (Å²) in [6, 6.07) is 0. The van der Waals surface area contributed by atoms with Gasteiger partial charge in [0.25, 0.3) is 0 Å². The first-order valence-electron chi connectivity index (χ1n) is 6.30. The molecule has 92 valence electrons. The van der Waals surface area contributed by atoms with Crippen LogP contribution in [0, 0.1) is 5.41 Å². The Morgan fingerprint density at radius 1 is 1.19 bits per heavy atom. The van der Waals surface area contributed by atoms with Crippen molar-refractivity contribution in [2.75, 3.05) is 39.3 Å². The van der Waals surface area contributed by atoms with E-state index in [0.717, 1.165) is 52.1 Å². The molecule has 0 radical (unpaired) electrons. The van der Waals surface area contributed by atoms with E-state index in [2.05, 4.69) is 16.7 Å². The number of carbonyl (C=O) groups is 1. The van der Waals surface area contributed by atoms with Gasteiger partial charge >= 0.3 is 5.97 Å². The van der Waals surface area contributed by atoms with Crippen molar-refractivity contribution < 1.29 is 9.90 Å². The van der Waals surface area contributed by atoms with Gasteiger partial charge in [0.1, 0.15) is 0 Å². The van der Waals surface area contributed by atoms with E-state index in [1.165, 1.54) is 0 Å². The minimum absolute atomic E-state index is 0.125. The summed E-state index contributed by atoms with van der Waals surface area (Å²) >= 11 is 0. The SMILES string of the molecule is CCN1CCN(CC2(CC(=O)O)CC2)CC1. The van der Waals surface area contributed by atoms with E-state index in [4.69, 9.17) is 5.11 Å². The van der Waals surface area contributed by atoms with Gasteiger partial charge in [-0.05, 0) is 24.8 Å². The van der Waals surface area contributed by atoms with Gasteiger partial charge in [-0.1, -0.05) is 6.92 Å². The summed E-state index contributed by atoms with van der Waals surface area (Å²) in [7, 11) is 0. The maximum atomic E-state index is 10.8. The van der Waals surface area contributed by atoms with Crippen LogP contribution >= 0.6 is 0 Å². The Morgan fingerprint density at radius 3 is 2.19 bits per heavy atom. The molecule has 0 atom stereocenters. The van der Waals surface area contributed by atoms with E-state index in [1.807, 2.05) is 0 Å². The lowest BCUT2D eigenvalue weighted by Gasteiger charge is -2.35. The third-order valence-electron chi connectivity index (χ3n) is 3.95. The number of carboxylic acid groups (broad SMARTS) is 1. The van der Waals surface area contributed by atoms with Crippen LogP contribution in [0.25, 0.3) is 0 Å². The third-order valence-corrected chi connectivity index (χ3v) is 3.95. The van der Waals surface area contributed by atoms with Crippen LogP contribution < -0.4 is 0 Å². The average Bonchev–Trinajstić information content (AvgIpc) is 2.98. The number of nitrogens with zero attached hydrogens (tertiary/aromatic N) is 2. The molecule has 16 heavy (non-hydrogen) atoms. The molecule has 2 fully saturated rings. The maximum absolute atomic E-state index is 10.8. The molecule has 2 rings (SSSR count). The second-order valence-corrected chi connectivity index (χ2v) is 5.28. The summed E-state index contributed by atoms with van der Waals surface area (Å²) in [4.78, 5) is 15.7. The molecule has 0 aromatic carbocycles. The van der Waals surface area contributed by atoms with Gasteiger partial charge in [0.15, 0.2) is 0 Å². The molecule has 1 heterocycles. The molecule has 1 N–H and O–H groups in total. The molecule has 1 aliphatic heterocycles. The van der Waals surface area contributed by atoms with E-state index in [0.29, 0.717) is 6.42 Å². The highest BCUT2D eigenvalue weighted by Gasteiger charge is 2.45. The average molecular weight is 226 g/mol. The zero-order valence-corrected chi connectivity index (χ0v) is 10.1. The number of piperazine rings is 1. The first kappa shape index (κ1) is 11.9. The van der Waals surface area contributed by atoms with E-state index in [9.17, 15) is 4.79 Å². The van der Waals surface area contributed by atoms with Crippen LogP contribution in [0.2, 0.25) is 0 Å². The molecular formula is C12H22N2O2. The summed E-state index contributed by atoms with van der Waals surface area (Å²) in [5, 5.41) is 8.87. The first-order valence-corrected chi connectivity index (χ1v) is 6.30. The predicted molar refractivity (Wildman–Crippen MR) is 62.5 cm³/mol. The fourth-order valence-electron chi connectivity index (χ4n) is 2.63. The topological polar surface area (TPSA) is 43.8 Å². The van der Waals surface area contributed by atoms with Crippen molar-refractivity contribution in [3.63, 3.8) is 0 Å². The van der Waals surface area contributed by atoms with Gasteiger partial charge in [-0.2, -0.15) is 0 Å². The van der Waals surface area contributed by atoms with Gasteiger partial charge in [-0.25, -0.2) is 0 Å². The van der Waals surface area contributed by atoms with E-state index >= 15 is 0 Å². The zero-order chi connectivity index (χ0) is 11.6. The first-order chi connectivity index (χ1) is 7.63. The molecule has 4 nitrogen and oxygen atoms in total. The van der Waals surface area contributed by atoms with Crippen LogP contribution in [-0.2, 0) is 4.79 Å². The Morgan fingerprint density at radius 2 is 1.75 bits per heavy atom. The van der Waals surface area contributed by atoms with Crippen LogP contribution in [0.1, 0.15) is 26.2 Å². The second-order valence-electron chi connectivity index (χ2n) is 5.28. The van der Waals surface area contributed by atoms with Crippen LogP contribution in [0.5, 0.6) is 0 Å². The fourth-order valence-corrected chi connectivity index (χ4v) is 2.63. The quantitative estimate of drug-likeness (QED) is 0.756. The highest BCUT2D eigenvalue weighted by atomic mass is 16.4. The van der Waals surface area contributed by atoms with E-state index in [-0.39, 0.29) is 5.41 Å². The monoisotopic (exact) mass is 226 g/mol. The van der Waals surface area contributed by atoms with Crippen molar-refractivity contribution in [1.29, 1.82) is 0 Å². The predicted octanol–water partition coefficient (Wildman–Crippen LogP) is 0.879. The minimum Gasteiger partial charge on any atom is -0.481 e. The Labute approximate surface area is 97.2 Å². The second kappa shape index (κ2) is 4.72. The molecule has 0 bridgehead atoms. The van der Waals surface area contributed by atoms with Crippen molar-refractivity contribution in [2.24, 2.45) is 5.41 Å². The summed E-state index contributed by atoms with van der Waals surface area (Å²) in [6.07, 6.45) is 2.57. The lowest BCUT2D eigenvalue weighted by atomic mass is 10.0. The van der Waals surface area contributed by atoms with Crippen LogP contribution in [0.3, 0.4) is 0 Å². The number of likely N-dealkylation sites (N-methyl/N-ethyl adjacent to an activating group) is 1. The van der Waals surface area contributed by atoms with Gasteiger partial charge in [-0.15, -0.1) is 0 Å². The number of carboxylic acids is 1. The highest BCUT2D eigenvalue weighted by Crippen LogP contribution is 2.49. The number of hydrogen-bond donors (Lipinski definition) is 1. The van der Waals surface area contributed by atoms with E-state index in [1.54, 1.807) is 0 Å². The fraction of sp³-hybridized carbons (Fsp3) is 0.917. The van der Waals surface area contributed by atoms with Crippen LogP contribution in [0.4, 0.5) is 0 Å². The Balaban J connectivity index is 1.76. The molecule has 0 spiro atoms. The lowest BCUT2D eigenvalue weighted by molar-refractivity contribution is -0.138. The summed E-state index contributed by atoms with van der Waals surface area (Å²) in [5.41, 5.74) is 0.125. The minimum atomic E-state index is -0.635. The molecule has 0 aromatic heterocycles. The lowest BCUT2D eigenvalue weighted by Crippen LogP contribution is -2.48. The smallest absolute Gasteiger partial charge is 0.303 e. The van der Waals surface area contributed by atoms with Gasteiger partial charge in [0, 0.05) is 32.7 Å². The maximum Gasteiger partial charge on any atom is 0.303 e. The molecule has 1 saturated heterocycles. The van der Waals surface area contributed by atoms with Crippen LogP contribution in [0.15, 0.2) is 0 Å². The van der Waals surface area contributed by atoms with Crippen molar-refractivity contribution >= 4 is 5.97 Å². The number of hydrogen-bond acceptors (Lipinski definition) is 3. The standard InChI is InChI=1S/C12H22N2O2/c1-2-13-5-7-14(8-6-13)10-12(3-4-12)9-11(15)16/h2-10H2,1H3,(H,15,16). The van der Waals surface area contributed by atoms with Crippen molar-refractivity contribution in [2.45, 2.75) is 26.2 Å². The number of aliphatic carboxylic acids is 1. The molecule has 0 amide bonds. The zero-order valence-electron chi connectivity index (χ0n) is 10.1. The van der Waals surface area contributed by atoms with Crippen molar-refractivity contribution in [1.82, 2.24) is 9.80 Å². The van der Waals surface area contributed by atoms with Gasteiger partial charge in [0.05, 0.1) is 6.42 Å². The van der Waals surface area contributed by atoms with Crippen molar-refractivity contribution in [3.05, 3.63) is 0 Å². The molecule has 2 aliphatic rings. The summed E-state index contributed by atoms with van der Waals surface area (Å²) in [5.74, 6) is -0.635. The van der Waals surface area contributed by atoms with Gasteiger partial charge < -0.3 is 14.9 Å². The molecule has 0 unspecified atom stereocenters. The highest BCUT2D eigenvalue weighted by molar-refractivity contribution is 5.68. The Kier molecular flexibility index (Phi) is 3.50. The molecule has 1 saturated carbocycles. The Bertz CT molecular complexity index is 256. The normalized spacial score (nSPS) is 25.6.